The van der Waals surface area contributed by atoms with Crippen molar-refractivity contribution in [1.29, 1.82) is 0 Å². The van der Waals surface area contributed by atoms with Crippen molar-refractivity contribution < 1.29 is 9.84 Å². The zero-order chi connectivity index (χ0) is 19.2. The van der Waals surface area contributed by atoms with Gasteiger partial charge in [0.05, 0.1) is 0 Å². The number of hydrogen-bond donors (Lipinski definition) is 1. The van der Waals surface area contributed by atoms with Crippen molar-refractivity contribution in [2.45, 2.75) is 39.2 Å². The van der Waals surface area contributed by atoms with Crippen LogP contribution in [0.4, 0.5) is 0 Å². The van der Waals surface area contributed by atoms with Gasteiger partial charge < -0.3 is 9.84 Å². The van der Waals surface area contributed by atoms with Gasteiger partial charge in [0.2, 0.25) is 0 Å². The normalized spacial score (nSPS) is 11.6. The van der Waals surface area contributed by atoms with Crippen LogP contribution in [0.5, 0.6) is 11.5 Å². The number of phenols is 1. The topological polar surface area (TPSA) is 29.5 Å². The van der Waals surface area contributed by atoms with Gasteiger partial charge in [0.15, 0.2) is 0 Å². The Balaban J connectivity index is 0.000000382. The summed E-state index contributed by atoms with van der Waals surface area (Å²) in [5.74, 6) is 1.23. The molecule has 3 heteroatoms. The summed E-state index contributed by atoms with van der Waals surface area (Å²) in [6, 6.07) is 15.1. The Morgan fingerprint density at radius 1 is 0.880 bits per heavy atom. The minimum Gasteiger partial charge on any atom is -0.508 e. The third kappa shape index (κ3) is 12.8. The standard InChI is InChI=1S/C11H14O.C7H8O.C4H7Cl/c1-4-10(3)12-11-7-5-9(2)6-8-11;1-6-2-4-7(8)5-3-6;1-3-4(2)5/h4-8,10H,1H2,2-3H3;2-5,8H,1H3;3-4H,1H2,2H3. The first-order chi connectivity index (χ1) is 11.8. The average Bonchev–Trinajstić information content (AvgIpc) is 2.60. The molecule has 0 bridgehead atoms. The number of halogens is 1. The summed E-state index contributed by atoms with van der Waals surface area (Å²) in [7, 11) is 0. The highest BCUT2D eigenvalue weighted by Crippen LogP contribution is 2.13. The van der Waals surface area contributed by atoms with Crippen LogP contribution in [0.1, 0.15) is 25.0 Å². The van der Waals surface area contributed by atoms with Gasteiger partial charge in [-0.2, -0.15) is 0 Å². The van der Waals surface area contributed by atoms with E-state index in [1.165, 1.54) is 11.1 Å². The molecule has 2 aromatic carbocycles. The van der Waals surface area contributed by atoms with Crippen molar-refractivity contribution in [2.75, 3.05) is 0 Å². The molecule has 0 aliphatic heterocycles. The van der Waals surface area contributed by atoms with Crippen LogP contribution in [0.25, 0.3) is 0 Å². The lowest BCUT2D eigenvalue weighted by molar-refractivity contribution is 0.270. The van der Waals surface area contributed by atoms with Crippen LogP contribution in [0.2, 0.25) is 0 Å². The molecule has 0 saturated heterocycles. The first-order valence-electron chi connectivity index (χ1n) is 8.16. The lowest BCUT2D eigenvalue weighted by Crippen LogP contribution is -2.06. The number of hydrogen-bond acceptors (Lipinski definition) is 2. The summed E-state index contributed by atoms with van der Waals surface area (Å²) in [5, 5.41) is 8.88. The third-order valence-electron chi connectivity index (χ3n) is 3.03. The molecule has 0 amide bonds. The number of phenolic OH excluding ortho intramolecular Hbond substituents is 1. The maximum absolute atomic E-state index is 8.76. The largest absolute Gasteiger partial charge is 0.508 e. The molecule has 0 spiro atoms. The second-order valence-corrected chi connectivity index (χ2v) is 6.31. The smallest absolute Gasteiger partial charge is 0.120 e. The lowest BCUT2D eigenvalue weighted by Gasteiger charge is -2.09. The van der Waals surface area contributed by atoms with Crippen molar-refractivity contribution in [1.82, 2.24) is 0 Å². The van der Waals surface area contributed by atoms with E-state index in [9.17, 15) is 0 Å². The molecule has 0 aliphatic rings. The quantitative estimate of drug-likeness (QED) is 0.501. The average molecular weight is 361 g/mol. The summed E-state index contributed by atoms with van der Waals surface area (Å²) in [6.45, 7) is 15.0. The Bertz CT molecular complexity index is 580. The van der Waals surface area contributed by atoms with Crippen LogP contribution >= 0.6 is 11.6 Å². The molecule has 25 heavy (non-hydrogen) atoms. The molecule has 1 N–H and O–H groups in total. The van der Waals surface area contributed by atoms with Crippen LogP contribution in [0, 0.1) is 13.8 Å². The molecule has 0 radical (unpaired) electrons. The molecule has 136 valence electrons. The summed E-state index contributed by atoms with van der Waals surface area (Å²) in [5.41, 5.74) is 2.41. The predicted molar refractivity (Wildman–Crippen MR) is 110 cm³/mol. The van der Waals surface area contributed by atoms with Gasteiger partial charge in [-0.1, -0.05) is 54.1 Å². The predicted octanol–water partition coefficient (Wildman–Crippen LogP) is 6.45. The van der Waals surface area contributed by atoms with E-state index in [0.29, 0.717) is 5.75 Å². The first-order valence-corrected chi connectivity index (χ1v) is 8.60. The summed E-state index contributed by atoms with van der Waals surface area (Å²) in [4.78, 5) is 0. The molecule has 2 unspecified atom stereocenters. The Labute approximate surface area is 157 Å². The van der Waals surface area contributed by atoms with Gasteiger partial charge in [0.1, 0.15) is 17.6 Å². The molecule has 2 atom stereocenters. The SMILES string of the molecule is C=CC(C)Cl.C=CC(C)Oc1ccc(C)cc1.Cc1ccc(O)cc1. The van der Waals surface area contributed by atoms with Crippen LogP contribution in [0.15, 0.2) is 73.8 Å². The number of benzene rings is 2. The van der Waals surface area contributed by atoms with E-state index in [1.807, 2.05) is 57.2 Å². The Hall–Kier alpha value is -2.19. The monoisotopic (exact) mass is 360 g/mol. The van der Waals surface area contributed by atoms with Gasteiger partial charge in [-0.25, -0.2) is 0 Å². The Morgan fingerprint density at radius 3 is 1.60 bits per heavy atom. The first kappa shape index (κ1) is 22.8. The number of rotatable bonds is 4. The van der Waals surface area contributed by atoms with Gasteiger partial charge in [0.25, 0.3) is 0 Å². The van der Waals surface area contributed by atoms with E-state index in [4.69, 9.17) is 21.4 Å². The molecule has 2 rings (SSSR count). The highest BCUT2D eigenvalue weighted by Gasteiger charge is 1.96. The van der Waals surface area contributed by atoms with Crippen molar-refractivity contribution in [2.24, 2.45) is 0 Å². The fourth-order valence-corrected chi connectivity index (χ4v) is 1.42. The zero-order valence-corrected chi connectivity index (χ0v) is 16.3. The summed E-state index contributed by atoms with van der Waals surface area (Å²) < 4.78 is 5.50. The van der Waals surface area contributed by atoms with Crippen molar-refractivity contribution in [3.05, 3.63) is 85.0 Å². The van der Waals surface area contributed by atoms with Gasteiger partial charge in [-0.3, -0.25) is 0 Å². The number of ether oxygens (including phenoxy) is 1. The summed E-state index contributed by atoms with van der Waals surface area (Å²) in [6.07, 6.45) is 3.54. The minimum absolute atomic E-state index is 0.0766. The Morgan fingerprint density at radius 2 is 1.28 bits per heavy atom. The van der Waals surface area contributed by atoms with Gasteiger partial charge in [0, 0.05) is 5.38 Å². The van der Waals surface area contributed by atoms with E-state index in [-0.39, 0.29) is 11.5 Å². The second kappa shape index (κ2) is 13.1. The van der Waals surface area contributed by atoms with Gasteiger partial charge in [-0.15, -0.1) is 18.2 Å². The van der Waals surface area contributed by atoms with Gasteiger partial charge in [-0.05, 0) is 52.0 Å². The molecule has 0 aliphatic carbocycles. The van der Waals surface area contributed by atoms with E-state index in [0.717, 1.165) is 5.75 Å². The van der Waals surface area contributed by atoms with Crippen LogP contribution < -0.4 is 4.74 Å². The molecular weight excluding hydrogens is 332 g/mol. The van der Waals surface area contributed by atoms with Crippen LogP contribution in [0.3, 0.4) is 0 Å². The second-order valence-electron chi connectivity index (χ2n) is 5.62. The zero-order valence-electron chi connectivity index (χ0n) is 15.6. The van der Waals surface area contributed by atoms with Crippen molar-refractivity contribution in [3.8, 4) is 11.5 Å². The molecule has 0 fully saturated rings. The number of allylic oxidation sites excluding steroid dienone is 1. The molecule has 2 aromatic rings. The minimum atomic E-state index is 0.0766. The van der Waals surface area contributed by atoms with Gasteiger partial charge >= 0.3 is 0 Å². The van der Waals surface area contributed by atoms with Crippen LogP contribution in [-0.2, 0) is 0 Å². The van der Waals surface area contributed by atoms with E-state index in [1.54, 1.807) is 24.3 Å². The maximum atomic E-state index is 8.76. The van der Waals surface area contributed by atoms with E-state index < -0.39 is 0 Å². The molecule has 0 heterocycles. The lowest BCUT2D eigenvalue weighted by atomic mass is 10.2. The Kier molecular flexibility index (Phi) is 12.0. The summed E-state index contributed by atoms with van der Waals surface area (Å²) >= 11 is 5.34. The highest BCUT2D eigenvalue weighted by atomic mass is 35.5. The van der Waals surface area contributed by atoms with Crippen LogP contribution in [-0.4, -0.2) is 16.6 Å². The third-order valence-corrected chi connectivity index (χ3v) is 3.21. The van der Waals surface area contributed by atoms with E-state index >= 15 is 0 Å². The highest BCUT2D eigenvalue weighted by molar-refractivity contribution is 6.21. The van der Waals surface area contributed by atoms with E-state index in [2.05, 4.69) is 20.1 Å². The fraction of sp³-hybridized carbons (Fsp3) is 0.273. The number of alkyl halides is 1. The molecular formula is C22H29ClO2. The molecule has 0 aromatic heterocycles. The number of aromatic hydroxyl groups is 1. The van der Waals surface area contributed by atoms with Crippen molar-refractivity contribution in [3.63, 3.8) is 0 Å². The maximum Gasteiger partial charge on any atom is 0.120 e. The fourth-order valence-electron chi connectivity index (χ4n) is 1.42. The number of aryl methyl sites for hydroxylation is 2. The molecule has 2 nitrogen and oxygen atoms in total. The van der Waals surface area contributed by atoms with Crippen molar-refractivity contribution >= 4 is 11.6 Å². The molecule has 0 saturated carbocycles.